The van der Waals surface area contributed by atoms with Gasteiger partial charge in [-0.05, 0) is 67.5 Å². The number of alkyl halides is 1. The summed E-state index contributed by atoms with van der Waals surface area (Å²) >= 11 is 0. The zero-order valence-electron chi connectivity index (χ0n) is 22.0. The molecule has 206 valence electrons. The van der Waals surface area contributed by atoms with Crippen molar-refractivity contribution in [2.75, 3.05) is 42.5 Å². The fourth-order valence-electron chi connectivity index (χ4n) is 5.89. The van der Waals surface area contributed by atoms with Crippen LogP contribution in [-0.4, -0.2) is 69.4 Å². The van der Waals surface area contributed by atoms with Crippen molar-refractivity contribution in [2.45, 2.75) is 37.5 Å². The van der Waals surface area contributed by atoms with Gasteiger partial charge in [-0.15, -0.1) is 5.10 Å². The monoisotopic (exact) mass is 545 g/mol. The van der Waals surface area contributed by atoms with Crippen LogP contribution < -0.4 is 9.80 Å². The third kappa shape index (κ3) is 4.92. The molecule has 10 heteroatoms. The molecule has 2 saturated heterocycles. The molecule has 0 amide bonds. The first-order chi connectivity index (χ1) is 19.5. The van der Waals surface area contributed by atoms with Crippen molar-refractivity contribution in [2.24, 2.45) is 0 Å². The first kappa shape index (κ1) is 25.1. The number of hydrogen-bond acceptors (Lipinski definition) is 6. The Kier molecular flexibility index (Phi) is 6.42. The second-order valence-corrected chi connectivity index (χ2v) is 10.8. The molecule has 2 aliphatic heterocycles. The molecule has 7 rings (SSSR count). The summed E-state index contributed by atoms with van der Waals surface area (Å²) in [7, 11) is 0. The number of hydrogen-bond donors (Lipinski definition) is 0. The van der Waals surface area contributed by atoms with Gasteiger partial charge in [-0.1, -0.05) is 0 Å². The fraction of sp³-hybridized carbons (Fsp3) is 0.367. The maximum Gasteiger partial charge on any atom is 0.154 e. The predicted octanol–water partition coefficient (Wildman–Crippen LogP) is 5.15. The molecule has 0 unspecified atom stereocenters. The van der Waals surface area contributed by atoms with Crippen LogP contribution >= 0.6 is 0 Å². The minimum absolute atomic E-state index is 0.0465. The van der Waals surface area contributed by atoms with Crippen LogP contribution in [0.1, 0.15) is 42.3 Å². The fourth-order valence-corrected chi connectivity index (χ4v) is 5.89. The Morgan fingerprint density at radius 2 is 1.73 bits per heavy atom. The molecule has 0 radical (unpaired) electrons. The van der Waals surface area contributed by atoms with Gasteiger partial charge < -0.3 is 9.80 Å². The van der Waals surface area contributed by atoms with Crippen LogP contribution in [-0.2, 0) is 0 Å². The van der Waals surface area contributed by atoms with E-state index in [1.807, 2.05) is 24.4 Å². The predicted molar refractivity (Wildman–Crippen MR) is 149 cm³/mol. The van der Waals surface area contributed by atoms with Gasteiger partial charge in [-0.25, -0.2) is 22.7 Å². The van der Waals surface area contributed by atoms with Gasteiger partial charge >= 0.3 is 0 Å². The minimum Gasteiger partial charge on any atom is -0.368 e. The number of aromatic nitrogens is 4. The smallest absolute Gasteiger partial charge is 0.154 e. The third-order valence-corrected chi connectivity index (χ3v) is 8.17. The number of fused-ring (bicyclic) bond motifs is 1. The number of rotatable bonds is 6. The van der Waals surface area contributed by atoms with E-state index in [2.05, 4.69) is 25.8 Å². The van der Waals surface area contributed by atoms with E-state index in [1.54, 1.807) is 27.7 Å². The molecule has 3 fully saturated rings. The van der Waals surface area contributed by atoms with Crippen LogP contribution in [0.4, 0.5) is 24.7 Å². The molecule has 0 spiro atoms. The zero-order chi connectivity index (χ0) is 27.2. The largest absolute Gasteiger partial charge is 0.368 e. The van der Waals surface area contributed by atoms with E-state index in [9.17, 15) is 13.2 Å². The number of halogens is 3. The van der Waals surface area contributed by atoms with Crippen LogP contribution in [0.15, 0.2) is 54.9 Å². The lowest BCUT2D eigenvalue weighted by atomic mass is 10.0. The molecule has 0 N–H and O–H groups in total. The van der Waals surface area contributed by atoms with Crippen molar-refractivity contribution in [1.82, 2.24) is 24.5 Å². The second kappa shape index (κ2) is 10.2. The zero-order valence-corrected chi connectivity index (χ0v) is 22.0. The lowest BCUT2D eigenvalue weighted by Gasteiger charge is -2.36. The number of imidazole rings is 1. The van der Waals surface area contributed by atoms with Crippen molar-refractivity contribution in [3.8, 4) is 0 Å². The van der Waals surface area contributed by atoms with Crippen molar-refractivity contribution in [1.29, 1.82) is 0 Å². The molecule has 4 aromatic rings. The van der Waals surface area contributed by atoms with Gasteiger partial charge in [0.05, 0.1) is 42.1 Å². The average Bonchev–Trinajstić information content (AvgIpc) is 3.64. The Bertz CT molecular complexity index is 1540. The van der Waals surface area contributed by atoms with Gasteiger partial charge in [-0.3, -0.25) is 9.88 Å². The lowest BCUT2D eigenvalue weighted by molar-refractivity contribution is 0.248. The van der Waals surface area contributed by atoms with Crippen molar-refractivity contribution in [3.05, 3.63) is 83.4 Å². The summed E-state index contributed by atoms with van der Waals surface area (Å²) in [6.45, 7) is 4.31. The molecule has 5 heterocycles. The number of anilines is 2. The van der Waals surface area contributed by atoms with Crippen LogP contribution in [0.25, 0.3) is 17.8 Å². The molecular formula is C30H30F3N7. The lowest BCUT2D eigenvalue weighted by Crippen LogP contribution is -2.47. The maximum absolute atomic E-state index is 14.6. The molecule has 3 aliphatic rings. The number of benzene rings is 1. The number of nitrogens with zero attached hydrogens (tertiary/aromatic N) is 7. The van der Waals surface area contributed by atoms with Gasteiger partial charge in [0.2, 0.25) is 0 Å². The molecule has 0 bridgehead atoms. The number of piperazine rings is 1. The first-order valence-electron chi connectivity index (χ1n) is 13.9. The summed E-state index contributed by atoms with van der Waals surface area (Å²) in [6.07, 6.45) is 9.00. The Morgan fingerprint density at radius 3 is 2.50 bits per heavy atom. The van der Waals surface area contributed by atoms with E-state index in [0.29, 0.717) is 11.5 Å². The first-order valence-corrected chi connectivity index (χ1v) is 13.9. The van der Waals surface area contributed by atoms with Gasteiger partial charge in [0.15, 0.2) is 5.65 Å². The summed E-state index contributed by atoms with van der Waals surface area (Å²) in [6, 6.07) is 11.1. The molecule has 3 aromatic heterocycles. The second-order valence-electron chi connectivity index (χ2n) is 10.8. The highest BCUT2D eigenvalue weighted by Crippen LogP contribution is 2.38. The van der Waals surface area contributed by atoms with Crippen LogP contribution in [0.5, 0.6) is 0 Å². The van der Waals surface area contributed by atoms with Gasteiger partial charge in [0.1, 0.15) is 23.6 Å². The molecule has 1 aliphatic carbocycles. The number of pyridine rings is 1. The van der Waals surface area contributed by atoms with Crippen LogP contribution in [0, 0.1) is 11.6 Å². The maximum atomic E-state index is 14.6. The Morgan fingerprint density at radius 1 is 0.875 bits per heavy atom. The highest BCUT2D eigenvalue weighted by molar-refractivity contribution is 5.68. The molecule has 1 aromatic carbocycles. The van der Waals surface area contributed by atoms with E-state index in [1.165, 1.54) is 12.8 Å². The van der Waals surface area contributed by atoms with E-state index in [-0.39, 0.29) is 18.5 Å². The van der Waals surface area contributed by atoms with Crippen LogP contribution in [0.3, 0.4) is 0 Å². The Hall–Kier alpha value is -3.92. The summed E-state index contributed by atoms with van der Waals surface area (Å²) in [5, 5.41) is 4.70. The molecule has 1 saturated carbocycles. The highest BCUT2D eigenvalue weighted by Gasteiger charge is 2.36. The SMILES string of the molecule is Fc1ccc(F)c([C@H]2C[C@H](F)CN2c2ccc3ncc(/C=C/c4ccc(N5CCN(C6CC6)CC5)cn4)n3n2)c1. The van der Waals surface area contributed by atoms with Crippen molar-refractivity contribution >= 4 is 29.3 Å². The van der Waals surface area contributed by atoms with Gasteiger partial charge in [0.25, 0.3) is 0 Å². The summed E-state index contributed by atoms with van der Waals surface area (Å²) < 4.78 is 44.7. The normalized spacial score (nSPS) is 22.2. The van der Waals surface area contributed by atoms with Crippen LogP contribution in [0.2, 0.25) is 0 Å². The van der Waals surface area contributed by atoms with Gasteiger partial charge in [0, 0.05) is 44.2 Å². The highest BCUT2D eigenvalue weighted by atomic mass is 19.1. The average molecular weight is 546 g/mol. The van der Waals surface area contributed by atoms with Crippen molar-refractivity contribution < 1.29 is 13.2 Å². The topological polar surface area (TPSA) is 52.8 Å². The molecule has 40 heavy (non-hydrogen) atoms. The molecule has 2 atom stereocenters. The Balaban J connectivity index is 1.09. The Labute approximate surface area is 230 Å². The van der Waals surface area contributed by atoms with Gasteiger partial charge in [-0.2, -0.15) is 0 Å². The third-order valence-electron chi connectivity index (χ3n) is 8.17. The van der Waals surface area contributed by atoms with E-state index in [4.69, 9.17) is 5.10 Å². The summed E-state index contributed by atoms with van der Waals surface area (Å²) in [5.74, 6) is -0.642. The van der Waals surface area contributed by atoms with E-state index in [0.717, 1.165) is 67.5 Å². The molecular weight excluding hydrogens is 515 g/mol. The minimum atomic E-state index is -1.18. The molecule has 7 nitrogen and oxygen atoms in total. The van der Waals surface area contributed by atoms with E-state index < -0.39 is 23.8 Å². The summed E-state index contributed by atoms with van der Waals surface area (Å²) in [4.78, 5) is 15.7. The van der Waals surface area contributed by atoms with E-state index >= 15 is 0 Å². The summed E-state index contributed by atoms with van der Waals surface area (Å²) in [5.41, 5.74) is 3.43. The standard InChI is InChI=1S/C30H30F3N7/c31-20-1-8-27(33)26(15-20)28-16-21(32)19-39(28)30-10-9-29-35-18-25(40(29)36-30)5-3-22-2-4-24(17-34-22)38-13-11-37(12-14-38)23-6-7-23/h1-5,8-10,15,17-18,21,23,28H,6-7,11-14,16,19H2/b5-3+/t21-,28+/m0/s1. The quantitative estimate of drug-likeness (QED) is 0.334. The van der Waals surface area contributed by atoms with Crippen molar-refractivity contribution in [3.63, 3.8) is 0 Å².